The first-order valence-corrected chi connectivity index (χ1v) is 10.3. The van der Waals surface area contributed by atoms with E-state index in [0.717, 1.165) is 24.0 Å². The van der Waals surface area contributed by atoms with Crippen molar-refractivity contribution in [3.05, 3.63) is 53.1 Å². The molecule has 34 heavy (non-hydrogen) atoms. The molecule has 1 saturated heterocycles. The van der Waals surface area contributed by atoms with E-state index in [1.54, 1.807) is 6.07 Å². The normalized spacial score (nSPS) is 25.0. The summed E-state index contributed by atoms with van der Waals surface area (Å²) in [4.78, 5) is 0. The van der Waals surface area contributed by atoms with Crippen molar-refractivity contribution in [2.24, 2.45) is 5.11 Å². The molecule has 11 nitrogen and oxygen atoms in total. The lowest BCUT2D eigenvalue weighted by atomic mass is 9.97. The second-order valence-corrected chi connectivity index (χ2v) is 8.06. The van der Waals surface area contributed by atoms with Crippen LogP contribution in [0.15, 0.2) is 34.5 Å². The molecule has 1 aromatic carbocycles. The SMILES string of the molecule is N#Cc1nnc(S[C@H]2OC(CO)[C@H](O)C(N/C=C(\N=N)c3cc(F)c(F)c(F)c3)C2O)cc1O. The summed E-state index contributed by atoms with van der Waals surface area (Å²) < 4.78 is 45.8. The molecule has 1 aliphatic heterocycles. The molecule has 0 bridgehead atoms. The van der Waals surface area contributed by atoms with Crippen LogP contribution in [0, 0.1) is 34.3 Å². The first kappa shape index (κ1) is 25.3. The molecule has 1 aliphatic rings. The molecule has 2 aromatic rings. The van der Waals surface area contributed by atoms with E-state index in [2.05, 4.69) is 20.6 Å². The van der Waals surface area contributed by atoms with Gasteiger partial charge in [-0.3, -0.25) is 0 Å². The third kappa shape index (κ3) is 5.26. The Bertz CT molecular complexity index is 1130. The summed E-state index contributed by atoms with van der Waals surface area (Å²) in [6.07, 6.45) is -3.19. The van der Waals surface area contributed by atoms with Gasteiger partial charge in [-0.1, -0.05) is 11.8 Å². The number of aromatic nitrogens is 2. The summed E-state index contributed by atoms with van der Waals surface area (Å²) in [5.41, 5.74) is 5.13. The fourth-order valence-electron chi connectivity index (χ4n) is 3.06. The van der Waals surface area contributed by atoms with Crippen LogP contribution in [-0.2, 0) is 4.74 Å². The first-order chi connectivity index (χ1) is 16.2. The topological polar surface area (TPSA) is 188 Å². The minimum Gasteiger partial charge on any atom is -0.505 e. The third-order valence-corrected chi connectivity index (χ3v) is 5.85. The van der Waals surface area contributed by atoms with E-state index in [4.69, 9.17) is 15.5 Å². The number of aliphatic hydroxyl groups is 3. The Morgan fingerprint density at radius 1 is 1.24 bits per heavy atom. The summed E-state index contributed by atoms with van der Waals surface area (Å²) in [7, 11) is 0. The molecule has 0 saturated carbocycles. The molecule has 15 heteroatoms. The number of nitrogens with one attached hydrogen (secondary N) is 2. The number of aromatic hydroxyl groups is 1. The van der Waals surface area contributed by atoms with E-state index in [9.17, 15) is 33.6 Å². The zero-order valence-electron chi connectivity index (χ0n) is 16.9. The monoisotopic (exact) mass is 498 g/mol. The second kappa shape index (κ2) is 10.8. The minimum atomic E-state index is -1.70. The molecule has 0 aliphatic carbocycles. The lowest BCUT2D eigenvalue weighted by Gasteiger charge is -2.42. The Morgan fingerprint density at radius 2 is 1.91 bits per heavy atom. The summed E-state index contributed by atoms with van der Waals surface area (Å²) in [5, 5.41) is 62.4. The lowest BCUT2D eigenvalue weighted by Crippen LogP contribution is -2.62. The maximum atomic E-state index is 13.5. The standard InChI is InChI=1S/C19H17F3N6O5S/c20-8-1-7(2-9(21)15(8)22)11(26-24)5-25-16-17(31)13(6-29)33-19(18(16)32)34-14-3-12(30)10(4-23)27-28-14/h1-3,5,13,16-19,24-25,29,31-32H,6H2,(H,28,30)/b11-5-,26-24?/t13?,16?,17-,18?,19+/m0/s1. The third-order valence-electron chi connectivity index (χ3n) is 4.79. The zero-order chi connectivity index (χ0) is 25.0. The number of benzene rings is 1. The van der Waals surface area contributed by atoms with E-state index in [1.165, 1.54) is 0 Å². The Hall–Kier alpha value is -3.29. The Morgan fingerprint density at radius 3 is 2.47 bits per heavy atom. The highest BCUT2D eigenvalue weighted by molar-refractivity contribution is 7.99. The largest absolute Gasteiger partial charge is 0.505 e. The summed E-state index contributed by atoms with van der Waals surface area (Å²) in [6.45, 7) is -0.652. The van der Waals surface area contributed by atoms with Crippen LogP contribution in [0.4, 0.5) is 13.2 Å². The number of thioether (sulfide) groups is 1. The summed E-state index contributed by atoms with van der Waals surface area (Å²) in [5.74, 6) is -5.15. The number of hydrogen-bond donors (Lipinski definition) is 6. The van der Waals surface area contributed by atoms with Crippen LogP contribution in [0.25, 0.3) is 5.70 Å². The highest BCUT2D eigenvalue weighted by Gasteiger charge is 2.44. The number of nitriles is 1. The van der Waals surface area contributed by atoms with Crippen molar-refractivity contribution in [1.29, 1.82) is 10.8 Å². The maximum Gasteiger partial charge on any atom is 0.204 e. The molecule has 1 fully saturated rings. The average molecular weight is 498 g/mol. The summed E-state index contributed by atoms with van der Waals surface area (Å²) >= 11 is 0.773. The van der Waals surface area contributed by atoms with Crippen LogP contribution < -0.4 is 5.32 Å². The molecule has 5 atom stereocenters. The molecule has 3 unspecified atom stereocenters. The van der Waals surface area contributed by atoms with Gasteiger partial charge in [0.15, 0.2) is 23.2 Å². The quantitative estimate of drug-likeness (QED) is 0.237. The van der Waals surface area contributed by atoms with Crippen LogP contribution in [0.1, 0.15) is 11.3 Å². The number of rotatable bonds is 7. The second-order valence-electron chi connectivity index (χ2n) is 6.94. The van der Waals surface area contributed by atoms with E-state index < -0.39 is 59.6 Å². The molecular weight excluding hydrogens is 481 g/mol. The van der Waals surface area contributed by atoms with Crippen LogP contribution in [0.3, 0.4) is 0 Å². The number of ether oxygens (including phenoxy) is 1. The summed E-state index contributed by atoms with van der Waals surface area (Å²) in [6, 6.07) is 2.74. The lowest BCUT2D eigenvalue weighted by molar-refractivity contribution is -0.164. The minimum absolute atomic E-state index is 0.0574. The van der Waals surface area contributed by atoms with Gasteiger partial charge in [-0.2, -0.15) is 10.4 Å². The van der Waals surface area contributed by atoms with Gasteiger partial charge in [0.2, 0.25) is 5.69 Å². The molecule has 0 radical (unpaired) electrons. The molecule has 3 rings (SSSR count). The number of halogens is 3. The van der Waals surface area contributed by atoms with Crippen molar-refractivity contribution in [1.82, 2.24) is 15.5 Å². The van der Waals surface area contributed by atoms with E-state index >= 15 is 0 Å². The predicted molar refractivity (Wildman–Crippen MR) is 108 cm³/mol. The van der Waals surface area contributed by atoms with Crippen molar-refractivity contribution in [3.63, 3.8) is 0 Å². The van der Waals surface area contributed by atoms with E-state index in [-0.39, 0.29) is 22.0 Å². The van der Waals surface area contributed by atoms with Crippen LogP contribution >= 0.6 is 11.8 Å². The van der Waals surface area contributed by atoms with Crippen molar-refractivity contribution < 1.29 is 38.3 Å². The van der Waals surface area contributed by atoms with Gasteiger partial charge < -0.3 is 30.5 Å². The van der Waals surface area contributed by atoms with Crippen LogP contribution in [0.2, 0.25) is 0 Å². The molecule has 180 valence electrons. The first-order valence-electron chi connectivity index (χ1n) is 9.44. The highest BCUT2D eigenvalue weighted by Crippen LogP contribution is 2.34. The number of hydrogen-bond acceptors (Lipinski definition) is 12. The molecule has 0 spiro atoms. The van der Waals surface area contributed by atoms with Gasteiger partial charge in [0.05, 0.1) is 12.6 Å². The van der Waals surface area contributed by atoms with Gasteiger partial charge in [0.1, 0.15) is 40.5 Å². The van der Waals surface area contributed by atoms with Gasteiger partial charge >= 0.3 is 0 Å². The Kier molecular flexibility index (Phi) is 8.02. The van der Waals surface area contributed by atoms with Crippen molar-refractivity contribution >= 4 is 17.5 Å². The Balaban J connectivity index is 1.85. The molecule has 1 aromatic heterocycles. The number of nitrogens with zero attached hydrogens (tertiary/aromatic N) is 4. The fraction of sp³-hybridized carbons (Fsp3) is 0.316. The maximum absolute atomic E-state index is 13.5. The van der Waals surface area contributed by atoms with Gasteiger partial charge in [-0.15, -0.1) is 10.2 Å². The fourth-order valence-corrected chi connectivity index (χ4v) is 4.07. The van der Waals surface area contributed by atoms with Gasteiger partial charge in [0, 0.05) is 17.8 Å². The molecule has 2 heterocycles. The van der Waals surface area contributed by atoms with Gasteiger partial charge in [-0.05, 0) is 12.1 Å². The van der Waals surface area contributed by atoms with E-state index in [0.29, 0.717) is 12.1 Å². The van der Waals surface area contributed by atoms with Crippen molar-refractivity contribution in [3.8, 4) is 11.8 Å². The van der Waals surface area contributed by atoms with Crippen molar-refractivity contribution in [2.75, 3.05) is 6.61 Å². The molecular formula is C19H17F3N6O5S. The van der Waals surface area contributed by atoms with E-state index in [1.807, 2.05) is 0 Å². The van der Waals surface area contributed by atoms with Gasteiger partial charge in [-0.25, -0.2) is 18.7 Å². The smallest absolute Gasteiger partial charge is 0.204 e. The van der Waals surface area contributed by atoms with Gasteiger partial charge in [0.25, 0.3) is 0 Å². The predicted octanol–water partition coefficient (Wildman–Crippen LogP) is 0.990. The highest BCUT2D eigenvalue weighted by atomic mass is 32.2. The zero-order valence-corrected chi connectivity index (χ0v) is 17.7. The average Bonchev–Trinajstić information content (AvgIpc) is 2.81. The van der Waals surface area contributed by atoms with Crippen LogP contribution in [-0.4, -0.2) is 67.0 Å². The Labute approximate surface area is 194 Å². The molecule has 0 amide bonds. The van der Waals surface area contributed by atoms with Crippen LogP contribution in [0.5, 0.6) is 5.75 Å². The molecule has 6 N–H and O–H groups in total. The number of aliphatic hydroxyl groups excluding tert-OH is 3. The van der Waals surface area contributed by atoms with Crippen molar-refractivity contribution in [2.45, 2.75) is 34.8 Å².